The molecule has 3 fully saturated rings. The average molecular weight is 1080 g/mol. The lowest BCUT2D eigenvalue weighted by molar-refractivity contribution is -0.379. The number of allylic oxidation sites excluding steroid dienone is 14. The minimum atomic E-state index is -1.98. The molecule has 1 amide bonds. The van der Waals surface area contributed by atoms with Gasteiger partial charge in [0.25, 0.3) is 0 Å². The van der Waals surface area contributed by atoms with Crippen LogP contribution in [0.4, 0.5) is 0 Å². The van der Waals surface area contributed by atoms with Gasteiger partial charge in [-0.2, -0.15) is 0 Å². The highest BCUT2D eigenvalue weighted by atomic mass is 16.8. The van der Waals surface area contributed by atoms with E-state index < -0.39 is 124 Å². The van der Waals surface area contributed by atoms with Crippen LogP contribution in [0.3, 0.4) is 0 Å². The van der Waals surface area contributed by atoms with Gasteiger partial charge in [0.1, 0.15) is 73.2 Å². The number of unbranched alkanes of at least 4 members (excludes halogenated alkanes) is 8. The third-order valence-electron chi connectivity index (χ3n) is 13.5. The topological polar surface area (TPSA) is 307 Å². The smallest absolute Gasteiger partial charge is 0.220 e. The van der Waals surface area contributed by atoms with Gasteiger partial charge in [0.2, 0.25) is 5.91 Å². The molecule has 0 bridgehead atoms. The van der Waals surface area contributed by atoms with E-state index in [0.29, 0.717) is 25.7 Å². The Bertz CT molecular complexity index is 1720. The van der Waals surface area contributed by atoms with Crippen molar-refractivity contribution < 1.29 is 89.4 Å². The summed E-state index contributed by atoms with van der Waals surface area (Å²) in [4.78, 5) is 13.2. The van der Waals surface area contributed by atoms with Gasteiger partial charge in [0, 0.05) is 6.42 Å². The summed E-state index contributed by atoms with van der Waals surface area (Å²) < 4.78 is 34.1. The Hall–Kier alpha value is -3.03. The highest BCUT2D eigenvalue weighted by Crippen LogP contribution is 2.33. The van der Waals surface area contributed by atoms with Gasteiger partial charge in [-0.15, -0.1) is 0 Å². The summed E-state index contributed by atoms with van der Waals surface area (Å²) in [5.41, 5.74) is 0. The molecule has 19 nitrogen and oxygen atoms in total. The molecule has 3 aliphatic heterocycles. The van der Waals surface area contributed by atoms with Crippen molar-refractivity contribution in [2.75, 3.05) is 26.4 Å². The minimum Gasteiger partial charge on any atom is -0.394 e. The Morgan fingerprint density at radius 3 is 1.37 bits per heavy atom. The lowest BCUT2D eigenvalue weighted by atomic mass is 9.96. The molecule has 0 aliphatic carbocycles. The number of carbonyl (C=O) groups is 1. The summed E-state index contributed by atoms with van der Waals surface area (Å²) in [6.45, 7) is 1.54. The summed E-state index contributed by atoms with van der Waals surface area (Å²) in [5, 5.41) is 120. The number of ether oxygens (including phenoxy) is 6. The lowest BCUT2D eigenvalue weighted by Gasteiger charge is -2.48. The van der Waals surface area contributed by atoms with Crippen molar-refractivity contribution in [3.8, 4) is 0 Å². The predicted octanol–water partition coefficient (Wildman–Crippen LogP) is 3.64. The maximum Gasteiger partial charge on any atom is 0.220 e. The second-order valence-corrected chi connectivity index (χ2v) is 19.7. The first-order chi connectivity index (χ1) is 36.8. The first-order valence-corrected chi connectivity index (χ1v) is 27.8. The van der Waals surface area contributed by atoms with Crippen LogP contribution in [0.2, 0.25) is 0 Å². The third-order valence-corrected chi connectivity index (χ3v) is 13.5. The van der Waals surface area contributed by atoms with E-state index in [1.54, 1.807) is 0 Å². The van der Waals surface area contributed by atoms with Crippen molar-refractivity contribution in [2.24, 2.45) is 0 Å². The molecule has 3 heterocycles. The van der Waals surface area contributed by atoms with Gasteiger partial charge in [0.05, 0.1) is 38.6 Å². The zero-order chi connectivity index (χ0) is 55.5. The largest absolute Gasteiger partial charge is 0.394 e. The maximum atomic E-state index is 13.2. The van der Waals surface area contributed by atoms with Crippen LogP contribution in [0.1, 0.15) is 136 Å². The second kappa shape index (κ2) is 40.2. The van der Waals surface area contributed by atoms with Crippen molar-refractivity contribution in [3.05, 3.63) is 85.1 Å². The van der Waals surface area contributed by atoms with Crippen molar-refractivity contribution >= 4 is 5.91 Å². The fourth-order valence-corrected chi connectivity index (χ4v) is 8.89. The molecule has 0 aromatic rings. The number of carbonyl (C=O) groups excluding carboxylic acids is 1. The Balaban J connectivity index is 1.49. The van der Waals surface area contributed by atoms with Gasteiger partial charge in [-0.05, 0) is 64.2 Å². The molecule has 0 saturated carbocycles. The highest BCUT2D eigenvalue weighted by Gasteiger charge is 2.53. The summed E-state index contributed by atoms with van der Waals surface area (Å²) in [5.74, 6) is -0.309. The summed E-state index contributed by atoms with van der Waals surface area (Å²) in [7, 11) is 0. The molecule has 19 heteroatoms. The number of hydrogen-bond donors (Lipinski definition) is 12. The molecule has 17 atom stereocenters. The molecule has 0 spiro atoms. The molecular formula is C57H95NO18. The van der Waals surface area contributed by atoms with Gasteiger partial charge in [-0.25, -0.2) is 0 Å². The van der Waals surface area contributed by atoms with E-state index in [9.17, 15) is 61.0 Å². The maximum absolute atomic E-state index is 13.2. The van der Waals surface area contributed by atoms with E-state index in [0.717, 1.165) is 77.0 Å². The van der Waals surface area contributed by atoms with Gasteiger partial charge in [-0.3, -0.25) is 4.79 Å². The number of amides is 1. The minimum absolute atomic E-state index is 0.180. The van der Waals surface area contributed by atoms with Gasteiger partial charge < -0.3 is 89.9 Å². The van der Waals surface area contributed by atoms with Crippen molar-refractivity contribution in [3.63, 3.8) is 0 Å². The molecule has 3 aliphatic rings. The van der Waals surface area contributed by atoms with E-state index in [1.165, 1.54) is 12.8 Å². The molecular weight excluding hydrogens is 987 g/mol. The molecule has 3 saturated heterocycles. The number of aliphatic hydroxyl groups is 11. The molecule has 12 N–H and O–H groups in total. The number of nitrogens with one attached hydrogen (secondary N) is 1. The fraction of sp³-hybridized carbons (Fsp3) is 0.737. The van der Waals surface area contributed by atoms with Gasteiger partial charge >= 0.3 is 0 Å². The zero-order valence-corrected chi connectivity index (χ0v) is 44.9. The van der Waals surface area contributed by atoms with Crippen LogP contribution in [0.25, 0.3) is 0 Å². The van der Waals surface area contributed by atoms with Crippen LogP contribution >= 0.6 is 0 Å². The molecule has 3 rings (SSSR count). The average Bonchev–Trinajstić information content (AvgIpc) is 3.42. The Morgan fingerprint density at radius 1 is 0.487 bits per heavy atom. The van der Waals surface area contributed by atoms with Crippen LogP contribution in [-0.2, 0) is 33.2 Å². The summed E-state index contributed by atoms with van der Waals surface area (Å²) >= 11 is 0. The quantitative estimate of drug-likeness (QED) is 0.0310. The molecule has 0 aromatic heterocycles. The first-order valence-electron chi connectivity index (χ1n) is 27.8. The van der Waals surface area contributed by atoms with Crippen molar-refractivity contribution in [1.82, 2.24) is 5.32 Å². The molecule has 76 heavy (non-hydrogen) atoms. The zero-order valence-electron chi connectivity index (χ0n) is 44.9. The number of aliphatic hydroxyl groups excluding tert-OH is 11. The second-order valence-electron chi connectivity index (χ2n) is 19.7. The number of hydrogen-bond acceptors (Lipinski definition) is 18. The van der Waals surface area contributed by atoms with Crippen molar-refractivity contribution in [1.29, 1.82) is 0 Å². The van der Waals surface area contributed by atoms with Gasteiger partial charge in [0.15, 0.2) is 18.9 Å². The lowest BCUT2D eigenvalue weighted by Crippen LogP contribution is -2.66. The van der Waals surface area contributed by atoms with Crippen LogP contribution < -0.4 is 5.32 Å². The van der Waals surface area contributed by atoms with Crippen LogP contribution in [0.15, 0.2) is 85.1 Å². The molecule has 0 radical (unpaired) electrons. The predicted molar refractivity (Wildman–Crippen MR) is 286 cm³/mol. The van der Waals surface area contributed by atoms with Crippen molar-refractivity contribution in [2.45, 2.75) is 240 Å². The Labute approximate surface area is 450 Å². The van der Waals surface area contributed by atoms with E-state index >= 15 is 0 Å². The van der Waals surface area contributed by atoms with E-state index in [2.05, 4.69) is 98.2 Å². The van der Waals surface area contributed by atoms with E-state index in [1.807, 2.05) is 6.08 Å². The summed E-state index contributed by atoms with van der Waals surface area (Å²) in [6, 6.07) is -0.920. The molecule has 17 unspecified atom stereocenters. The van der Waals surface area contributed by atoms with Crippen LogP contribution in [0.5, 0.6) is 0 Å². The Kier molecular flexibility index (Phi) is 35.6. The van der Waals surface area contributed by atoms with Crippen LogP contribution in [-0.4, -0.2) is 193 Å². The SMILES string of the molecule is CC/C=C\C/C=C\C/C=C\C/C=C\C/C=C\C/C=C\C/C=C\CCCC(=O)NC(COC1OC(CO)C(OC2OC(CO)C(OC3OC(CO)C(O)C(O)C3O)C(O)C2O)C(O)C1O)C(O)CCCCCCCCCC. The molecule has 0 aromatic carbocycles. The van der Waals surface area contributed by atoms with E-state index in [-0.39, 0.29) is 18.9 Å². The van der Waals surface area contributed by atoms with E-state index in [4.69, 9.17) is 28.4 Å². The monoisotopic (exact) mass is 1080 g/mol. The Morgan fingerprint density at radius 2 is 0.895 bits per heavy atom. The van der Waals surface area contributed by atoms with Gasteiger partial charge in [-0.1, -0.05) is 150 Å². The summed E-state index contributed by atoms with van der Waals surface area (Å²) in [6.07, 6.45) is 20.0. The normalized spacial score (nSPS) is 31.6. The van der Waals surface area contributed by atoms with Crippen LogP contribution in [0, 0.1) is 0 Å². The fourth-order valence-electron chi connectivity index (χ4n) is 8.89. The highest BCUT2D eigenvalue weighted by molar-refractivity contribution is 5.76. The molecule has 436 valence electrons. The first kappa shape index (κ1) is 67.2. The third kappa shape index (κ3) is 24.5. The number of rotatable bonds is 38. The standard InChI is InChI=1S/C57H95NO18/c1-3-5-7-9-11-13-14-15-16-17-18-19-20-21-22-23-24-25-26-27-29-31-33-35-45(63)58-40(41(62)34-32-30-28-12-10-8-6-4-2)39-71-55-51(69)48(66)53(43(37-60)73-55)76-57-52(70)49(67)54(44(38-61)74-57)75-56-50(68)47(65)46(64)42(36-59)72-56/h5,7,11,13,15-16,18-19,21-22,24-25,27,29,40-44,46-57,59-62,64-70H,3-4,6,8-10,12,14,17,20,23,26,28,30-39H2,1-2H3,(H,58,63)/b7-5-,13-11-,16-15-,19-18-,22-21-,25-24-,29-27-.